The molecule has 2 heterocycles. The minimum Gasteiger partial charge on any atom is -0.426 e. The molecule has 4 aromatic rings. The van der Waals surface area contributed by atoms with Gasteiger partial charge in [-0.25, -0.2) is 4.90 Å². The quantitative estimate of drug-likeness (QED) is 0.163. The predicted octanol–water partition coefficient (Wildman–Crippen LogP) is 5.91. The topological polar surface area (TPSA) is 84.0 Å². The number of imide groups is 1. The van der Waals surface area contributed by atoms with Gasteiger partial charge in [-0.15, -0.1) is 0 Å². The largest absolute Gasteiger partial charge is 0.426 e. The average molecular weight is 597 g/mol. The molecule has 0 saturated carbocycles. The molecule has 3 aliphatic carbocycles. The normalized spacial score (nSPS) is 25.2. The summed E-state index contributed by atoms with van der Waals surface area (Å²) in [5.41, 5.74) is 6.70. The van der Waals surface area contributed by atoms with Crippen LogP contribution in [0.2, 0.25) is 0 Å². The van der Waals surface area contributed by atoms with Gasteiger partial charge in [-0.3, -0.25) is 19.2 Å². The van der Waals surface area contributed by atoms with E-state index in [2.05, 4.69) is 24.3 Å². The van der Waals surface area contributed by atoms with Crippen LogP contribution in [0, 0.1) is 24.7 Å². The molecule has 0 spiro atoms. The third kappa shape index (κ3) is 4.10. The Kier molecular flexibility index (Phi) is 6.27. The molecule has 7 nitrogen and oxygen atoms in total. The standard InChI is InChI=1S/C38H32N2O5/c1-21-18-25(45-38(44)24-19-31(41)39(20-24)22(2)23-10-4-3-5-11-23)16-17-30(21)40-36(42)34-32-26-12-6-7-13-27(26)33(35(34)37(40)43)29-15-9-8-14-28(29)32/h3-18,22,24,32-35H,19-20H2,1-2H3/t22-,24+,32?,33?,34-,35+/m0/s1. The molecule has 0 radical (unpaired) electrons. The van der Waals surface area contributed by atoms with Gasteiger partial charge >= 0.3 is 5.97 Å². The van der Waals surface area contributed by atoms with Crippen molar-refractivity contribution in [3.05, 3.63) is 130 Å². The maximum Gasteiger partial charge on any atom is 0.316 e. The van der Waals surface area contributed by atoms with Crippen LogP contribution in [0.5, 0.6) is 5.75 Å². The molecule has 0 N–H and O–H groups in total. The summed E-state index contributed by atoms with van der Waals surface area (Å²) in [6, 6.07) is 31.0. The zero-order valence-corrected chi connectivity index (χ0v) is 25.1. The Morgan fingerprint density at radius 1 is 0.756 bits per heavy atom. The molecule has 2 bridgehead atoms. The van der Waals surface area contributed by atoms with Crippen molar-refractivity contribution in [3.8, 4) is 5.75 Å². The zero-order chi connectivity index (χ0) is 31.0. The van der Waals surface area contributed by atoms with Gasteiger partial charge in [0.15, 0.2) is 0 Å². The molecule has 9 rings (SSSR count). The average Bonchev–Trinajstić information content (AvgIpc) is 3.58. The van der Waals surface area contributed by atoms with Crippen molar-refractivity contribution in [1.82, 2.24) is 4.90 Å². The van der Waals surface area contributed by atoms with E-state index in [0.29, 0.717) is 17.0 Å². The molecule has 3 amide bonds. The number of benzene rings is 4. The third-order valence-electron chi connectivity index (χ3n) is 10.3. The van der Waals surface area contributed by atoms with Crippen molar-refractivity contribution in [2.75, 3.05) is 11.4 Å². The first-order valence-electron chi connectivity index (χ1n) is 15.6. The number of esters is 1. The van der Waals surface area contributed by atoms with Crippen molar-refractivity contribution >= 4 is 29.4 Å². The summed E-state index contributed by atoms with van der Waals surface area (Å²) in [5.74, 6) is -2.46. The van der Waals surface area contributed by atoms with E-state index >= 15 is 0 Å². The Morgan fingerprint density at radius 3 is 1.82 bits per heavy atom. The van der Waals surface area contributed by atoms with Gasteiger partial charge < -0.3 is 9.64 Å². The predicted molar refractivity (Wildman–Crippen MR) is 168 cm³/mol. The molecular formula is C38H32N2O5. The van der Waals surface area contributed by atoms with Crippen LogP contribution in [0.4, 0.5) is 5.69 Å². The first-order chi connectivity index (χ1) is 21.8. The van der Waals surface area contributed by atoms with Crippen molar-refractivity contribution in [2.24, 2.45) is 17.8 Å². The van der Waals surface area contributed by atoms with E-state index in [0.717, 1.165) is 27.8 Å². The molecule has 2 aliphatic heterocycles. The molecule has 7 heteroatoms. The fourth-order valence-corrected chi connectivity index (χ4v) is 8.23. The number of hydrogen-bond acceptors (Lipinski definition) is 5. The van der Waals surface area contributed by atoms with E-state index in [4.69, 9.17) is 4.74 Å². The molecular weight excluding hydrogens is 564 g/mol. The van der Waals surface area contributed by atoms with Crippen LogP contribution in [-0.2, 0) is 19.2 Å². The number of amides is 3. The minimum atomic E-state index is -0.577. The van der Waals surface area contributed by atoms with Crippen molar-refractivity contribution in [2.45, 2.75) is 38.1 Å². The number of likely N-dealkylation sites (tertiary alicyclic amines) is 1. The maximum absolute atomic E-state index is 14.2. The van der Waals surface area contributed by atoms with E-state index in [1.54, 1.807) is 23.1 Å². The minimum absolute atomic E-state index is 0.0781. The number of carbonyl (C=O) groups is 4. The van der Waals surface area contributed by atoms with Gasteiger partial charge in [0.2, 0.25) is 17.7 Å². The molecule has 2 fully saturated rings. The lowest BCUT2D eigenvalue weighted by atomic mass is 9.55. The summed E-state index contributed by atoms with van der Waals surface area (Å²) in [5, 5.41) is 0. The fraction of sp³-hybridized carbons (Fsp3) is 0.263. The number of nitrogens with zero attached hydrogens (tertiary/aromatic N) is 2. The van der Waals surface area contributed by atoms with Gasteiger partial charge in [-0.05, 0) is 65.4 Å². The number of ether oxygens (including phenoxy) is 1. The monoisotopic (exact) mass is 596 g/mol. The van der Waals surface area contributed by atoms with E-state index in [1.165, 1.54) is 4.90 Å². The summed E-state index contributed by atoms with van der Waals surface area (Å²) < 4.78 is 5.75. The Hall–Kier alpha value is -5.04. The lowest BCUT2D eigenvalue weighted by Gasteiger charge is -2.45. The molecule has 0 aromatic heterocycles. The Bertz CT molecular complexity index is 1790. The SMILES string of the molecule is Cc1cc(OC(=O)[C@@H]2CC(=O)N([C@@H](C)c3ccccc3)C2)ccc1N1C(=O)[C@@H]2C3c4ccccc4C(c4ccccc43)[C@@H]2C1=O. The number of anilines is 1. The van der Waals surface area contributed by atoms with Crippen LogP contribution in [0.3, 0.4) is 0 Å². The number of carbonyl (C=O) groups excluding carboxylic acids is 4. The second kappa shape index (κ2) is 10.3. The van der Waals surface area contributed by atoms with E-state index in [9.17, 15) is 19.2 Å². The third-order valence-corrected chi connectivity index (χ3v) is 10.3. The second-order valence-corrected chi connectivity index (χ2v) is 12.7. The first-order valence-corrected chi connectivity index (χ1v) is 15.6. The van der Waals surface area contributed by atoms with Crippen molar-refractivity contribution in [1.29, 1.82) is 0 Å². The smallest absolute Gasteiger partial charge is 0.316 e. The first kappa shape index (κ1) is 27.5. The Labute approximate surface area is 261 Å². The molecule has 224 valence electrons. The van der Waals surface area contributed by atoms with Crippen LogP contribution in [0.25, 0.3) is 0 Å². The highest BCUT2D eigenvalue weighted by molar-refractivity contribution is 6.23. The van der Waals surface area contributed by atoms with Gasteiger partial charge in [0.05, 0.1) is 29.5 Å². The summed E-state index contributed by atoms with van der Waals surface area (Å²) >= 11 is 0. The summed E-state index contributed by atoms with van der Waals surface area (Å²) in [6.07, 6.45) is 0.0970. The van der Waals surface area contributed by atoms with E-state index in [-0.39, 0.29) is 48.6 Å². The summed E-state index contributed by atoms with van der Waals surface area (Å²) in [6.45, 7) is 4.07. The van der Waals surface area contributed by atoms with E-state index in [1.807, 2.05) is 68.4 Å². The molecule has 4 aromatic carbocycles. The number of hydrogen-bond donors (Lipinski definition) is 0. The second-order valence-electron chi connectivity index (χ2n) is 12.7. The van der Waals surface area contributed by atoms with Crippen molar-refractivity contribution in [3.63, 3.8) is 0 Å². The Morgan fingerprint density at radius 2 is 1.29 bits per heavy atom. The lowest BCUT2D eigenvalue weighted by molar-refractivity contribution is -0.139. The van der Waals surface area contributed by atoms with Gasteiger partial charge in [0.25, 0.3) is 0 Å². The molecule has 2 saturated heterocycles. The van der Waals surface area contributed by atoms with Crippen LogP contribution in [0.15, 0.2) is 97.1 Å². The molecule has 0 unspecified atom stereocenters. The molecule has 5 aliphatic rings. The van der Waals surface area contributed by atoms with Crippen LogP contribution < -0.4 is 9.64 Å². The van der Waals surface area contributed by atoms with Crippen LogP contribution in [-0.4, -0.2) is 35.1 Å². The van der Waals surface area contributed by atoms with Gasteiger partial charge in [0.1, 0.15) is 5.75 Å². The number of aryl methyl sites for hydroxylation is 1. The molecule has 4 atom stereocenters. The highest BCUT2D eigenvalue weighted by atomic mass is 16.5. The van der Waals surface area contributed by atoms with Gasteiger partial charge in [0, 0.05) is 24.8 Å². The fourth-order valence-electron chi connectivity index (χ4n) is 8.23. The zero-order valence-electron chi connectivity index (χ0n) is 25.1. The summed E-state index contributed by atoms with van der Waals surface area (Å²) in [4.78, 5) is 57.4. The Balaban J connectivity index is 1.03. The van der Waals surface area contributed by atoms with E-state index < -0.39 is 23.7 Å². The van der Waals surface area contributed by atoms with Gasteiger partial charge in [-0.2, -0.15) is 0 Å². The molecule has 45 heavy (non-hydrogen) atoms. The van der Waals surface area contributed by atoms with Gasteiger partial charge in [-0.1, -0.05) is 78.9 Å². The van der Waals surface area contributed by atoms with Crippen LogP contribution in [0.1, 0.15) is 64.6 Å². The number of rotatable bonds is 5. The van der Waals surface area contributed by atoms with Crippen molar-refractivity contribution < 1.29 is 23.9 Å². The summed E-state index contributed by atoms with van der Waals surface area (Å²) in [7, 11) is 0. The highest BCUT2D eigenvalue weighted by Crippen LogP contribution is 2.61. The lowest BCUT2D eigenvalue weighted by Crippen LogP contribution is -2.41. The maximum atomic E-state index is 14.2. The van der Waals surface area contributed by atoms with Crippen LogP contribution >= 0.6 is 0 Å². The highest BCUT2D eigenvalue weighted by Gasteiger charge is 2.61.